The number of halogens is 2. The van der Waals surface area contributed by atoms with Crippen molar-refractivity contribution >= 4 is 23.2 Å². The Hall–Kier alpha value is -1.77. The van der Waals surface area contributed by atoms with Gasteiger partial charge in [-0.05, 0) is 30.7 Å². The predicted molar refractivity (Wildman–Crippen MR) is 83.1 cm³/mol. The molecule has 0 aliphatic heterocycles. The van der Waals surface area contributed by atoms with Crippen LogP contribution in [0.2, 0.25) is 10.0 Å². The van der Waals surface area contributed by atoms with Crippen molar-refractivity contribution in [3.63, 3.8) is 0 Å². The molecule has 99 valence electrons. The number of H-pyrrole nitrogens is 1. The molecule has 20 heavy (non-hydrogen) atoms. The van der Waals surface area contributed by atoms with E-state index in [1.54, 1.807) is 0 Å². The van der Waals surface area contributed by atoms with Crippen LogP contribution in [0, 0.1) is 13.1 Å². The van der Waals surface area contributed by atoms with Crippen molar-refractivity contribution in [3.8, 4) is 22.6 Å². The number of rotatable bonds is 2. The Balaban J connectivity index is 2.04. The minimum Gasteiger partial charge on any atom is -0.337 e. The standard InChI is InChI=1S/C16H11Cl2N2/c1-10-3-2-4-13(18)15(10)16-19-9-14(20-16)11-5-7-12(17)8-6-11/h2-8H,1H3,(H,19,20). The molecule has 1 aromatic heterocycles. The highest BCUT2D eigenvalue weighted by Gasteiger charge is 2.11. The maximum atomic E-state index is 6.25. The summed E-state index contributed by atoms with van der Waals surface area (Å²) in [5, 5.41) is 1.38. The van der Waals surface area contributed by atoms with E-state index in [0.717, 1.165) is 28.2 Å². The number of hydrogen-bond acceptors (Lipinski definition) is 1. The Morgan fingerprint density at radius 1 is 1.05 bits per heavy atom. The van der Waals surface area contributed by atoms with Crippen LogP contribution in [0.25, 0.3) is 22.6 Å². The fraction of sp³-hybridized carbons (Fsp3) is 0.0625. The van der Waals surface area contributed by atoms with E-state index < -0.39 is 0 Å². The highest BCUT2D eigenvalue weighted by atomic mass is 35.5. The molecular weight excluding hydrogens is 291 g/mol. The highest BCUT2D eigenvalue weighted by Crippen LogP contribution is 2.30. The molecule has 1 N–H and O–H groups in total. The van der Waals surface area contributed by atoms with Gasteiger partial charge in [0.15, 0.2) is 0 Å². The number of aromatic nitrogens is 2. The first-order chi connectivity index (χ1) is 9.65. The smallest absolute Gasteiger partial charge is 0.140 e. The topological polar surface area (TPSA) is 28.7 Å². The van der Waals surface area contributed by atoms with Crippen LogP contribution < -0.4 is 0 Å². The minimum absolute atomic E-state index is 0.676. The molecule has 3 rings (SSSR count). The molecule has 4 heteroatoms. The summed E-state index contributed by atoms with van der Waals surface area (Å²) in [6, 6.07) is 13.3. The second kappa shape index (κ2) is 5.31. The van der Waals surface area contributed by atoms with Crippen molar-refractivity contribution in [2.75, 3.05) is 0 Å². The lowest BCUT2D eigenvalue weighted by molar-refractivity contribution is 1.28. The van der Waals surface area contributed by atoms with Crippen LogP contribution >= 0.6 is 23.2 Å². The number of hydrogen-bond donors (Lipinski definition) is 1. The lowest BCUT2D eigenvalue weighted by Gasteiger charge is -2.04. The molecule has 0 bridgehead atoms. The van der Waals surface area contributed by atoms with Gasteiger partial charge in [-0.3, -0.25) is 0 Å². The Morgan fingerprint density at radius 3 is 2.50 bits per heavy atom. The molecular formula is C16H11Cl2N2. The molecule has 3 aromatic rings. The molecule has 0 aliphatic rings. The third-order valence-corrected chi connectivity index (χ3v) is 3.68. The number of nitrogens with one attached hydrogen (secondary N) is 1. The molecule has 0 saturated carbocycles. The second-order valence-electron chi connectivity index (χ2n) is 4.51. The van der Waals surface area contributed by atoms with Gasteiger partial charge in [0.2, 0.25) is 0 Å². The van der Waals surface area contributed by atoms with Crippen LogP contribution in [0.4, 0.5) is 0 Å². The number of benzene rings is 2. The Morgan fingerprint density at radius 2 is 1.80 bits per heavy atom. The maximum Gasteiger partial charge on any atom is 0.140 e. The molecule has 0 spiro atoms. The van der Waals surface area contributed by atoms with Gasteiger partial charge in [0.05, 0.1) is 10.7 Å². The quantitative estimate of drug-likeness (QED) is 0.696. The molecule has 0 saturated heterocycles. The molecule has 0 atom stereocenters. The van der Waals surface area contributed by atoms with E-state index in [-0.39, 0.29) is 0 Å². The van der Waals surface area contributed by atoms with Crippen LogP contribution in [0.15, 0.2) is 42.5 Å². The summed E-state index contributed by atoms with van der Waals surface area (Å²) in [5.74, 6) is 0.720. The summed E-state index contributed by atoms with van der Waals surface area (Å²) in [7, 11) is 0. The normalized spacial score (nSPS) is 10.8. The summed E-state index contributed by atoms with van der Waals surface area (Å²) < 4.78 is 0. The zero-order valence-corrected chi connectivity index (χ0v) is 12.3. The first-order valence-electron chi connectivity index (χ1n) is 6.14. The van der Waals surface area contributed by atoms with Crippen LogP contribution in [0.1, 0.15) is 5.56 Å². The van der Waals surface area contributed by atoms with E-state index in [0.29, 0.717) is 10.0 Å². The lowest BCUT2D eigenvalue weighted by atomic mass is 10.1. The summed E-state index contributed by atoms with van der Waals surface area (Å²) in [6.07, 6.45) is 2.99. The Bertz CT molecular complexity index is 725. The van der Waals surface area contributed by atoms with E-state index >= 15 is 0 Å². The van der Waals surface area contributed by atoms with Gasteiger partial charge in [0.25, 0.3) is 0 Å². The number of aromatic amines is 1. The largest absolute Gasteiger partial charge is 0.337 e. The average Bonchev–Trinajstić information content (AvgIpc) is 2.89. The monoisotopic (exact) mass is 301 g/mol. The summed E-state index contributed by atoms with van der Waals surface area (Å²) in [4.78, 5) is 7.56. The number of imidazole rings is 1. The molecule has 1 heterocycles. The molecule has 0 unspecified atom stereocenters. The Labute approximate surface area is 127 Å². The van der Waals surface area contributed by atoms with Crippen molar-refractivity contribution in [1.29, 1.82) is 0 Å². The van der Waals surface area contributed by atoms with Crippen molar-refractivity contribution < 1.29 is 0 Å². The van der Waals surface area contributed by atoms with Gasteiger partial charge in [0, 0.05) is 16.1 Å². The number of nitrogens with zero attached hydrogens (tertiary/aromatic N) is 1. The van der Waals surface area contributed by atoms with Gasteiger partial charge >= 0.3 is 0 Å². The molecule has 0 amide bonds. The molecule has 2 nitrogen and oxygen atoms in total. The van der Waals surface area contributed by atoms with Crippen molar-refractivity contribution in [2.24, 2.45) is 0 Å². The molecule has 0 fully saturated rings. The maximum absolute atomic E-state index is 6.25. The van der Waals surface area contributed by atoms with Gasteiger partial charge in [0.1, 0.15) is 12.0 Å². The van der Waals surface area contributed by atoms with Gasteiger partial charge in [-0.25, -0.2) is 4.98 Å². The van der Waals surface area contributed by atoms with Crippen molar-refractivity contribution in [3.05, 3.63) is 64.3 Å². The first-order valence-corrected chi connectivity index (χ1v) is 6.90. The summed E-state index contributed by atoms with van der Waals surface area (Å²) in [5.41, 5.74) is 3.78. The third-order valence-electron chi connectivity index (χ3n) is 3.11. The van der Waals surface area contributed by atoms with E-state index in [1.807, 2.05) is 49.4 Å². The van der Waals surface area contributed by atoms with Gasteiger partial charge in [-0.2, -0.15) is 0 Å². The fourth-order valence-electron chi connectivity index (χ4n) is 2.09. The lowest BCUT2D eigenvalue weighted by Crippen LogP contribution is -1.87. The highest BCUT2D eigenvalue weighted by molar-refractivity contribution is 6.33. The van der Waals surface area contributed by atoms with E-state index in [4.69, 9.17) is 23.2 Å². The Kier molecular flexibility index (Phi) is 3.51. The average molecular weight is 302 g/mol. The minimum atomic E-state index is 0.676. The zero-order chi connectivity index (χ0) is 14.1. The van der Waals surface area contributed by atoms with Crippen molar-refractivity contribution in [2.45, 2.75) is 6.92 Å². The van der Waals surface area contributed by atoms with Gasteiger partial charge in [-0.1, -0.05) is 47.5 Å². The van der Waals surface area contributed by atoms with E-state index in [2.05, 4.69) is 16.2 Å². The van der Waals surface area contributed by atoms with E-state index in [1.165, 1.54) is 0 Å². The molecule has 0 aliphatic carbocycles. The molecule has 2 aromatic carbocycles. The summed E-state index contributed by atoms with van der Waals surface area (Å²) in [6.45, 7) is 2.01. The van der Waals surface area contributed by atoms with Gasteiger partial charge in [-0.15, -0.1) is 0 Å². The third kappa shape index (κ3) is 2.45. The van der Waals surface area contributed by atoms with Gasteiger partial charge < -0.3 is 4.98 Å². The van der Waals surface area contributed by atoms with Crippen LogP contribution in [0.3, 0.4) is 0 Å². The van der Waals surface area contributed by atoms with Crippen LogP contribution in [-0.4, -0.2) is 9.97 Å². The van der Waals surface area contributed by atoms with Crippen molar-refractivity contribution in [1.82, 2.24) is 9.97 Å². The first kappa shape index (κ1) is 13.2. The fourth-order valence-corrected chi connectivity index (χ4v) is 2.53. The molecule has 1 radical (unpaired) electrons. The van der Waals surface area contributed by atoms with E-state index in [9.17, 15) is 0 Å². The van der Waals surface area contributed by atoms with Crippen LogP contribution in [0.5, 0.6) is 0 Å². The SMILES string of the molecule is Cc1cccc(Cl)c1-c1n[c]c(-c2ccc(Cl)cc2)[nH]1. The van der Waals surface area contributed by atoms with Crippen LogP contribution in [-0.2, 0) is 0 Å². The summed E-state index contributed by atoms with van der Waals surface area (Å²) >= 11 is 12.1. The zero-order valence-electron chi connectivity index (χ0n) is 10.7. The predicted octanol–water partition coefficient (Wildman–Crippen LogP) is 5.16. The number of aryl methyl sites for hydroxylation is 1. The second-order valence-corrected chi connectivity index (χ2v) is 5.35.